The number of hydrogen-bond acceptors (Lipinski definition) is 4. The number of unbranched alkanes of at least 4 members (excludes halogenated alkanes) is 10. The summed E-state index contributed by atoms with van der Waals surface area (Å²) < 4.78 is 11.0. The Morgan fingerprint density at radius 1 is 0.655 bits per heavy atom. The van der Waals surface area contributed by atoms with Gasteiger partial charge in [-0.1, -0.05) is 78.1 Å². The van der Waals surface area contributed by atoms with Crippen molar-refractivity contribution in [2.75, 3.05) is 0 Å². The average molecular weight is 413 g/mol. The monoisotopic (exact) mass is 412 g/mol. The summed E-state index contributed by atoms with van der Waals surface area (Å²) in [7, 11) is 0. The predicted octanol–water partition coefficient (Wildman–Crippen LogP) is 7.52. The molecule has 172 valence electrons. The van der Waals surface area contributed by atoms with Crippen LogP contribution < -0.4 is 0 Å². The molecule has 0 aromatic rings. The first kappa shape index (κ1) is 27.9. The Kier molecular flexibility index (Phi) is 17.1. The maximum atomic E-state index is 12.2. The first-order valence-corrected chi connectivity index (χ1v) is 12.2. The zero-order valence-corrected chi connectivity index (χ0v) is 20.0. The molecule has 4 nitrogen and oxygen atoms in total. The van der Waals surface area contributed by atoms with Crippen molar-refractivity contribution in [1.82, 2.24) is 0 Å². The molecule has 0 atom stereocenters. The second kappa shape index (κ2) is 17.8. The van der Waals surface area contributed by atoms with Gasteiger partial charge in [0, 0.05) is 0 Å². The highest BCUT2D eigenvalue weighted by Crippen LogP contribution is 2.18. The lowest BCUT2D eigenvalue weighted by Gasteiger charge is -2.20. The summed E-state index contributed by atoms with van der Waals surface area (Å²) in [4.78, 5) is 24.1. The Hall–Kier alpha value is -1.06. The van der Waals surface area contributed by atoms with E-state index in [0.29, 0.717) is 0 Å². The third-order valence-corrected chi connectivity index (χ3v) is 5.01. The lowest BCUT2D eigenvalue weighted by atomic mass is 10.0. The Bertz CT molecular complexity index is 396. The van der Waals surface area contributed by atoms with Crippen LogP contribution in [0.4, 0.5) is 0 Å². The van der Waals surface area contributed by atoms with Crippen molar-refractivity contribution in [2.45, 2.75) is 149 Å². The highest BCUT2D eigenvalue weighted by molar-refractivity contribution is 5.77. The van der Waals surface area contributed by atoms with Gasteiger partial charge in [-0.3, -0.25) is 9.59 Å². The molecule has 0 unspecified atom stereocenters. The average Bonchev–Trinajstić information content (AvgIpc) is 2.64. The zero-order chi connectivity index (χ0) is 22.0. The lowest BCUT2D eigenvalue weighted by molar-refractivity contribution is -0.159. The van der Waals surface area contributed by atoms with Crippen molar-refractivity contribution in [2.24, 2.45) is 0 Å². The number of hydrogen-bond donors (Lipinski definition) is 0. The molecule has 0 heterocycles. The van der Waals surface area contributed by atoms with E-state index in [1.807, 2.05) is 20.8 Å². The van der Waals surface area contributed by atoms with Gasteiger partial charge < -0.3 is 9.47 Å². The molecule has 0 aliphatic carbocycles. The van der Waals surface area contributed by atoms with E-state index in [1.165, 1.54) is 64.2 Å². The minimum absolute atomic E-state index is 0.00140. The van der Waals surface area contributed by atoms with E-state index in [-0.39, 0.29) is 30.9 Å². The van der Waals surface area contributed by atoms with Crippen LogP contribution >= 0.6 is 0 Å². The smallest absolute Gasteiger partial charge is 0.306 e. The number of carbonyl (C=O) groups is 2. The minimum atomic E-state index is -0.515. The highest BCUT2D eigenvalue weighted by Gasteiger charge is 2.19. The summed E-state index contributed by atoms with van der Waals surface area (Å²) in [6.45, 7) is 9.96. The first-order valence-electron chi connectivity index (χ1n) is 12.2. The molecule has 0 bridgehead atoms. The molecule has 0 radical (unpaired) electrons. The predicted molar refractivity (Wildman–Crippen MR) is 121 cm³/mol. The van der Waals surface area contributed by atoms with Crippen LogP contribution in [0.25, 0.3) is 0 Å². The number of rotatable bonds is 18. The normalized spacial score (nSPS) is 11.7. The van der Waals surface area contributed by atoms with E-state index in [9.17, 15) is 9.59 Å². The van der Waals surface area contributed by atoms with Crippen molar-refractivity contribution < 1.29 is 19.1 Å². The molecule has 0 N–H and O–H groups in total. The summed E-state index contributed by atoms with van der Waals surface area (Å²) >= 11 is 0. The first-order chi connectivity index (χ1) is 13.8. The van der Waals surface area contributed by atoms with Gasteiger partial charge in [0.2, 0.25) is 0 Å². The highest BCUT2D eigenvalue weighted by atomic mass is 16.6. The largest absolute Gasteiger partial charge is 0.462 e. The van der Waals surface area contributed by atoms with Crippen molar-refractivity contribution >= 4 is 11.9 Å². The molecule has 0 rings (SSSR count). The van der Waals surface area contributed by atoms with Crippen molar-refractivity contribution in [3.63, 3.8) is 0 Å². The van der Waals surface area contributed by atoms with E-state index < -0.39 is 5.60 Å². The second-order valence-electron chi connectivity index (χ2n) is 9.31. The van der Waals surface area contributed by atoms with Crippen LogP contribution in [0.2, 0.25) is 0 Å². The molecule has 0 aromatic heterocycles. The fourth-order valence-corrected chi connectivity index (χ4v) is 3.41. The third kappa shape index (κ3) is 20.0. The van der Waals surface area contributed by atoms with Crippen LogP contribution in [0.3, 0.4) is 0 Å². The van der Waals surface area contributed by atoms with Crippen LogP contribution in [0.1, 0.15) is 137 Å². The maximum absolute atomic E-state index is 12.2. The van der Waals surface area contributed by atoms with Crippen LogP contribution in [-0.2, 0) is 19.1 Å². The fourth-order valence-electron chi connectivity index (χ4n) is 3.41. The minimum Gasteiger partial charge on any atom is -0.462 e. The van der Waals surface area contributed by atoms with Gasteiger partial charge in [-0.25, -0.2) is 0 Å². The van der Waals surface area contributed by atoms with Crippen molar-refractivity contribution in [3.8, 4) is 0 Å². The second-order valence-corrected chi connectivity index (χ2v) is 9.31. The topological polar surface area (TPSA) is 52.6 Å². The van der Waals surface area contributed by atoms with Crippen LogP contribution in [0.5, 0.6) is 0 Å². The lowest BCUT2D eigenvalue weighted by Crippen LogP contribution is -2.25. The van der Waals surface area contributed by atoms with Gasteiger partial charge in [0.15, 0.2) is 0 Å². The van der Waals surface area contributed by atoms with Gasteiger partial charge in [0.25, 0.3) is 0 Å². The van der Waals surface area contributed by atoms with Gasteiger partial charge >= 0.3 is 11.9 Å². The third-order valence-electron chi connectivity index (χ3n) is 5.01. The quantitative estimate of drug-likeness (QED) is 0.172. The Morgan fingerprint density at radius 2 is 1.07 bits per heavy atom. The molecular weight excluding hydrogens is 364 g/mol. The fraction of sp³-hybridized carbons (Fsp3) is 0.920. The molecule has 0 saturated heterocycles. The van der Waals surface area contributed by atoms with Gasteiger partial charge in [-0.15, -0.1) is 0 Å². The molecule has 0 aliphatic rings. The standard InChI is InChI=1S/C25H48O4/c1-6-8-10-12-14-16-18-22(19-17-15-13-11-9-7-2)28-23(26)20-21-24(27)29-25(3,4)5/h22H,6-21H2,1-5H3. The van der Waals surface area contributed by atoms with E-state index in [1.54, 1.807) is 0 Å². The summed E-state index contributed by atoms with van der Waals surface area (Å²) in [6.07, 6.45) is 17.0. The number of esters is 2. The summed E-state index contributed by atoms with van der Waals surface area (Å²) in [5, 5.41) is 0. The van der Waals surface area contributed by atoms with E-state index >= 15 is 0 Å². The number of carbonyl (C=O) groups excluding carboxylic acids is 2. The molecule has 0 amide bonds. The van der Waals surface area contributed by atoms with Crippen LogP contribution in [0.15, 0.2) is 0 Å². The molecule has 0 aromatic carbocycles. The summed E-state index contributed by atoms with van der Waals surface area (Å²) in [6, 6.07) is 0. The van der Waals surface area contributed by atoms with E-state index in [4.69, 9.17) is 9.47 Å². The van der Waals surface area contributed by atoms with Gasteiger partial charge in [0.05, 0.1) is 12.8 Å². The zero-order valence-electron chi connectivity index (χ0n) is 20.0. The molecule has 4 heteroatoms. The van der Waals surface area contributed by atoms with Gasteiger partial charge in [-0.05, 0) is 46.5 Å². The van der Waals surface area contributed by atoms with E-state index in [2.05, 4.69) is 13.8 Å². The summed E-state index contributed by atoms with van der Waals surface area (Å²) in [5.41, 5.74) is -0.515. The SMILES string of the molecule is CCCCCCCCC(CCCCCCCC)OC(=O)CCC(=O)OC(C)(C)C. The summed E-state index contributed by atoms with van der Waals surface area (Å²) in [5.74, 6) is -0.601. The number of ether oxygens (including phenoxy) is 2. The Labute approximate surface area is 180 Å². The molecule has 0 spiro atoms. The van der Waals surface area contributed by atoms with Crippen LogP contribution in [0, 0.1) is 0 Å². The maximum Gasteiger partial charge on any atom is 0.306 e. The molecule has 0 saturated carbocycles. The molecule has 0 aliphatic heterocycles. The Morgan fingerprint density at radius 3 is 1.52 bits per heavy atom. The molecule has 29 heavy (non-hydrogen) atoms. The van der Waals surface area contributed by atoms with Crippen molar-refractivity contribution in [3.05, 3.63) is 0 Å². The Balaban J connectivity index is 4.24. The molecular formula is C25H48O4. The van der Waals surface area contributed by atoms with Gasteiger partial charge in [0.1, 0.15) is 11.7 Å². The molecule has 0 fully saturated rings. The van der Waals surface area contributed by atoms with Gasteiger partial charge in [-0.2, -0.15) is 0 Å². The van der Waals surface area contributed by atoms with E-state index in [0.717, 1.165) is 25.7 Å². The van der Waals surface area contributed by atoms with Crippen molar-refractivity contribution in [1.29, 1.82) is 0 Å². The van der Waals surface area contributed by atoms with Crippen LogP contribution in [-0.4, -0.2) is 23.6 Å².